The molecular formula is C6H7N3OS. The third-order valence-electron chi connectivity index (χ3n) is 1.00. The summed E-state index contributed by atoms with van der Waals surface area (Å²) in [6.45, 7) is 3.92. The van der Waals surface area contributed by atoms with Crippen LogP contribution in [0.25, 0.3) is 0 Å². The first kappa shape index (κ1) is 7.87. The van der Waals surface area contributed by atoms with Crippen molar-refractivity contribution in [2.24, 2.45) is 0 Å². The molecule has 0 aliphatic carbocycles. The Kier molecular flexibility index (Phi) is 2.74. The monoisotopic (exact) mass is 169 g/mol. The number of rotatable bonds is 3. The summed E-state index contributed by atoms with van der Waals surface area (Å²) in [5, 5.41) is 2.58. The molecule has 0 saturated heterocycles. The molecule has 0 aromatic carbocycles. The Morgan fingerprint density at radius 1 is 1.91 bits per heavy atom. The topological polar surface area (TPSA) is 54.9 Å². The van der Waals surface area contributed by atoms with E-state index in [1.807, 2.05) is 0 Å². The van der Waals surface area contributed by atoms with Crippen LogP contribution >= 0.6 is 11.7 Å². The van der Waals surface area contributed by atoms with Gasteiger partial charge in [0, 0.05) is 6.54 Å². The van der Waals surface area contributed by atoms with Crippen LogP contribution in [-0.4, -0.2) is 21.2 Å². The third kappa shape index (κ3) is 2.12. The van der Waals surface area contributed by atoms with Crippen molar-refractivity contribution >= 4 is 17.6 Å². The van der Waals surface area contributed by atoms with Crippen LogP contribution in [0.3, 0.4) is 0 Å². The van der Waals surface area contributed by atoms with E-state index in [1.165, 1.54) is 6.20 Å². The molecule has 1 heterocycles. The maximum Gasteiger partial charge on any atom is 0.272 e. The largest absolute Gasteiger partial charge is 0.347 e. The van der Waals surface area contributed by atoms with Crippen LogP contribution < -0.4 is 5.32 Å². The molecule has 5 heteroatoms. The average Bonchev–Trinajstić information content (AvgIpc) is 2.52. The minimum atomic E-state index is -0.210. The minimum Gasteiger partial charge on any atom is -0.347 e. The van der Waals surface area contributed by atoms with E-state index in [0.717, 1.165) is 11.7 Å². The van der Waals surface area contributed by atoms with Gasteiger partial charge in [0.05, 0.1) is 17.9 Å². The lowest BCUT2D eigenvalue weighted by molar-refractivity contribution is 0.0954. The summed E-state index contributed by atoms with van der Waals surface area (Å²) in [4.78, 5) is 11.0. The quantitative estimate of drug-likeness (QED) is 0.668. The maximum absolute atomic E-state index is 11.0. The molecule has 0 fully saturated rings. The average molecular weight is 169 g/mol. The number of nitrogens with one attached hydrogen (secondary N) is 1. The van der Waals surface area contributed by atoms with Crippen molar-refractivity contribution in [3.05, 3.63) is 24.5 Å². The summed E-state index contributed by atoms with van der Waals surface area (Å²) >= 11 is 1.01. The highest BCUT2D eigenvalue weighted by Crippen LogP contribution is 1.93. The van der Waals surface area contributed by atoms with Crippen LogP contribution in [0, 0.1) is 0 Å². The Morgan fingerprint density at radius 2 is 2.73 bits per heavy atom. The zero-order chi connectivity index (χ0) is 8.10. The first-order chi connectivity index (χ1) is 5.34. The molecule has 4 nitrogen and oxygen atoms in total. The molecule has 1 amide bonds. The van der Waals surface area contributed by atoms with E-state index >= 15 is 0 Å². The van der Waals surface area contributed by atoms with E-state index in [0.29, 0.717) is 12.2 Å². The van der Waals surface area contributed by atoms with Crippen LogP contribution in [0.1, 0.15) is 10.5 Å². The third-order valence-corrected chi connectivity index (χ3v) is 1.48. The predicted octanol–water partition coefficient (Wildman–Crippen LogP) is 0.454. The number of carbonyl (C=O) groups excluding carboxylic acids is 1. The number of carbonyl (C=O) groups is 1. The van der Waals surface area contributed by atoms with Gasteiger partial charge in [0.1, 0.15) is 0 Å². The van der Waals surface area contributed by atoms with Crippen LogP contribution in [0.4, 0.5) is 0 Å². The number of amides is 1. The molecule has 0 atom stereocenters. The lowest BCUT2D eigenvalue weighted by Gasteiger charge is -1.95. The minimum absolute atomic E-state index is 0.210. The highest BCUT2D eigenvalue weighted by Gasteiger charge is 2.05. The van der Waals surface area contributed by atoms with Crippen molar-refractivity contribution in [3.63, 3.8) is 0 Å². The number of hydrogen-bond donors (Lipinski definition) is 1. The van der Waals surface area contributed by atoms with Crippen LogP contribution in [0.2, 0.25) is 0 Å². The van der Waals surface area contributed by atoms with E-state index in [-0.39, 0.29) is 5.91 Å². The molecule has 1 aromatic rings. The van der Waals surface area contributed by atoms with Crippen molar-refractivity contribution in [2.75, 3.05) is 6.54 Å². The molecule has 11 heavy (non-hydrogen) atoms. The number of hydrogen-bond acceptors (Lipinski definition) is 4. The molecule has 0 radical (unpaired) electrons. The first-order valence-electron chi connectivity index (χ1n) is 3.01. The summed E-state index contributed by atoms with van der Waals surface area (Å²) in [7, 11) is 0. The normalized spacial score (nSPS) is 9.09. The summed E-state index contributed by atoms with van der Waals surface area (Å²) < 4.78 is 7.45. The Hall–Kier alpha value is -1.23. The zero-order valence-corrected chi connectivity index (χ0v) is 6.60. The van der Waals surface area contributed by atoms with Crippen molar-refractivity contribution in [3.8, 4) is 0 Å². The van der Waals surface area contributed by atoms with Gasteiger partial charge in [0.2, 0.25) is 0 Å². The summed E-state index contributed by atoms with van der Waals surface area (Å²) in [6, 6.07) is 0. The maximum atomic E-state index is 11.0. The Balaban J connectivity index is 2.49. The van der Waals surface area contributed by atoms with E-state index < -0.39 is 0 Å². The molecule has 0 unspecified atom stereocenters. The van der Waals surface area contributed by atoms with Crippen molar-refractivity contribution in [1.82, 2.24) is 14.1 Å². The molecule has 1 aromatic heterocycles. The van der Waals surface area contributed by atoms with Crippen LogP contribution in [-0.2, 0) is 0 Å². The second kappa shape index (κ2) is 3.82. The van der Waals surface area contributed by atoms with Gasteiger partial charge >= 0.3 is 0 Å². The molecule has 0 aliphatic heterocycles. The van der Waals surface area contributed by atoms with Crippen molar-refractivity contribution < 1.29 is 4.79 Å². The summed E-state index contributed by atoms with van der Waals surface area (Å²) in [5.41, 5.74) is 0.358. The number of nitrogens with zero attached hydrogens (tertiary/aromatic N) is 2. The Bertz CT molecular complexity index is 244. The van der Waals surface area contributed by atoms with Gasteiger partial charge in [-0.3, -0.25) is 4.79 Å². The zero-order valence-electron chi connectivity index (χ0n) is 5.78. The second-order valence-electron chi connectivity index (χ2n) is 1.79. The van der Waals surface area contributed by atoms with Gasteiger partial charge in [-0.15, -0.1) is 6.58 Å². The molecular weight excluding hydrogens is 162 g/mol. The fourth-order valence-corrected chi connectivity index (χ4v) is 0.932. The van der Waals surface area contributed by atoms with Gasteiger partial charge in [-0.2, -0.15) is 8.75 Å². The fraction of sp³-hybridized carbons (Fsp3) is 0.167. The smallest absolute Gasteiger partial charge is 0.272 e. The molecule has 1 rings (SSSR count). The summed E-state index contributed by atoms with van der Waals surface area (Å²) in [6.07, 6.45) is 3.04. The lowest BCUT2D eigenvalue weighted by Crippen LogP contribution is -2.23. The highest BCUT2D eigenvalue weighted by molar-refractivity contribution is 6.99. The van der Waals surface area contributed by atoms with E-state index in [4.69, 9.17) is 0 Å². The molecule has 1 N–H and O–H groups in total. The molecule has 0 bridgehead atoms. The molecule has 0 aliphatic rings. The van der Waals surface area contributed by atoms with Crippen LogP contribution in [0.5, 0.6) is 0 Å². The van der Waals surface area contributed by atoms with Gasteiger partial charge < -0.3 is 5.32 Å². The Morgan fingerprint density at radius 3 is 3.27 bits per heavy atom. The van der Waals surface area contributed by atoms with E-state index in [9.17, 15) is 4.79 Å². The van der Waals surface area contributed by atoms with E-state index in [1.54, 1.807) is 6.08 Å². The first-order valence-corrected chi connectivity index (χ1v) is 3.74. The molecule has 0 saturated carbocycles. The number of aromatic nitrogens is 2. The molecule has 58 valence electrons. The van der Waals surface area contributed by atoms with Gasteiger partial charge in [0.15, 0.2) is 5.69 Å². The van der Waals surface area contributed by atoms with E-state index in [2.05, 4.69) is 20.6 Å². The van der Waals surface area contributed by atoms with Crippen LogP contribution in [0.15, 0.2) is 18.9 Å². The van der Waals surface area contributed by atoms with Gasteiger partial charge in [0.25, 0.3) is 5.91 Å². The van der Waals surface area contributed by atoms with Crippen molar-refractivity contribution in [2.45, 2.75) is 0 Å². The predicted molar refractivity (Wildman–Crippen MR) is 42.4 cm³/mol. The van der Waals surface area contributed by atoms with Gasteiger partial charge in [-0.1, -0.05) is 6.08 Å². The SMILES string of the molecule is C=CCNC(=O)c1cnsn1. The molecule has 0 spiro atoms. The highest BCUT2D eigenvalue weighted by atomic mass is 32.1. The second-order valence-corrected chi connectivity index (χ2v) is 2.35. The summed E-state index contributed by atoms with van der Waals surface area (Å²) in [5.74, 6) is -0.210. The van der Waals surface area contributed by atoms with Gasteiger partial charge in [-0.05, 0) is 0 Å². The Labute approximate surface area is 68.3 Å². The van der Waals surface area contributed by atoms with Gasteiger partial charge in [-0.25, -0.2) is 0 Å². The standard InChI is InChI=1S/C6H7N3OS/c1-2-3-7-6(10)5-4-8-11-9-5/h2,4H,1,3H2,(H,7,10). The van der Waals surface area contributed by atoms with Crippen molar-refractivity contribution in [1.29, 1.82) is 0 Å². The fourth-order valence-electron chi connectivity index (χ4n) is 0.520. The lowest BCUT2D eigenvalue weighted by atomic mass is 10.4.